The second-order valence-electron chi connectivity index (χ2n) is 6.04. The quantitative estimate of drug-likeness (QED) is 0.341. The lowest BCUT2D eigenvalue weighted by Crippen LogP contribution is -2.50. The maximum Gasteiger partial charge on any atom is 0.421 e. The molecule has 0 radical (unpaired) electrons. The first-order chi connectivity index (χ1) is 11.2. The predicted octanol–water partition coefficient (Wildman–Crippen LogP) is 1.60. The van der Waals surface area contributed by atoms with Crippen LogP contribution in [-0.4, -0.2) is 50.3 Å². The standard InChI is InChI=1S/C14H17N3O4S2/c1-2-3-6-22-11-10(15-23-16-11)9-8-4-5-17(7-8)14(9)20-12(18)13(19)21-14/h8-9H,2-7H2,1H3. The van der Waals surface area contributed by atoms with Gasteiger partial charge in [-0.2, -0.15) is 8.75 Å². The van der Waals surface area contributed by atoms with Crippen molar-refractivity contribution in [2.45, 2.75) is 43.0 Å². The number of ether oxygens (including phenoxy) is 2. The first kappa shape index (κ1) is 15.3. The average molecular weight is 355 g/mol. The van der Waals surface area contributed by atoms with Gasteiger partial charge in [-0.1, -0.05) is 13.3 Å². The number of thioether (sulfide) groups is 1. The number of piperidine rings is 1. The van der Waals surface area contributed by atoms with Gasteiger partial charge in [0.1, 0.15) is 16.6 Å². The Morgan fingerprint density at radius 3 is 2.87 bits per heavy atom. The smallest absolute Gasteiger partial charge is 0.399 e. The van der Waals surface area contributed by atoms with Gasteiger partial charge < -0.3 is 9.47 Å². The van der Waals surface area contributed by atoms with E-state index >= 15 is 0 Å². The zero-order valence-corrected chi connectivity index (χ0v) is 14.3. The fourth-order valence-corrected chi connectivity index (χ4v) is 5.46. The molecular formula is C14H17N3O4S2. The zero-order valence-electron chi connectivity index (χ0n) is 12.7. The van der Waals surface area contributed by atoms with E-state index in [1.807, 2.05) is 4.90 Å². The van der Waals surface area contributed by atoms with Gasteiger partial charge in [0.15, 0.2) is 0 Å². The molecule has 1 spiro atoms. The summed E-state index contributed by atoms with van der Waals surface area (Å²) in [4.78, 5) is 25.3. The van der Waals surface area contributed by atoms with Crippen LogP contribution in [0.5, 0.6) is 0 Å². The number of aromatic nitrogens is 2. The molecule has 1 aromatic heterocycles. The molecule has 23 heavy (non-hydrogen) atoms. The maximum atomic E-state index is 11.7. The van der Waals surface area contributed by atoms with E-state index in [9.17, 15) is 9.59 Å². The Balaban J connectivity index is 1.66. The molecule has 3 unspecified atom stereocenters. The van der Waals surface area contributed by atoms with Crippen molar-refractivity contribution in [2.75, 3.05) is 18.8 Å². The molecule has 124 valence electrons. The molecule has 0 aromatic carbocycles. The molecule has 0 amide bonds. The van der Waals surface area contributed by atoms with Gasteiger partial charge in [0.25, 0.3) is 0 Å². The number of unbranched alkanes of at least 4 members (excludes halogenated alkanes) is 1. The second-order valence-corrected chi connectivity index (χ2v) is 7.65. The summed E-state index contributed by atoms with van der Waals surface area (Å²) in [6.45, 7) is 3.66. The van der Waals surface area contributed by atoms with Crippen LogP contribution in [0.3, 0.4) is 0 Å². The number of esters is 2. The van der Waals surface area contributed by atoms with Crippen LogP contribution >= 0.6 is 23.5 Å². The summed E-state index contributed by atoms with van der Waals surface area (Å²) >= 11 is 2.84. The summed E-state index contributed by atoms with van der Waals surface area (Å²) in [6, 6.07) is 0. The Bertz CT molecular complexity index is 634. The minimum absolute atomic E-state index is 0.241. The summed E-state index contributed by atoms with van der Waals surface area (Å²) in [7, 11) is 0. The molecule has 3 fully saturated rings. The van der Waals surface area contributed by atoms with Crippen molar-refractivity contribution < 1.29 is 19.1 Å². The first-order valence-corrected chi connectivity index (χ1v) is 9.54. The van der Waals surface area contributed by atoms with Gasteiger partial charge >= 0.3 is 17.8 Å². The van der Waals surface area contributed by atoms with Crippen LogP contribution in [0.1, 0.15) is 37.8 Å². The molecular weight excluding hydrogens is 338 g/mol. The van der Waals surface area contributed by atoms with Crippen molar-refractivity contribution in [3.05, 3.63) is 5.69 Å². The Kier molecular flexibility index (Phi) is 3.81. The van der Waals surface area contributed by atoms with Crippen molar-refractivity contribution in [3.8, 4) is 0 Å². The molecule has 0 aliphatic carbocycles. The van der Waals surface area contributed by atoms with Crippen LogP contribution in [-0.2, 0) is 19.1 Å². The largest absolute Gasteiger partial charge is 0.421 e. The van der Waals surface area contributed by atoms with Gasteiger partial charge in [-0.15, -0.1) is 11.8 Å². The fraction of sp³-hybridized carbons (Fsp3) is 0.714. The van der Waals surface area contributed by atoms with Gasteiger partial charge in [-0.3, -0.25) is 0 Å². The van der Waals surface area contributed by atoms with Gasteiger partial charge in [0.05, 0.1) is 11.7 Å². The minimum atomic E-state index is -1.30. The Hall–Kier alpha value is -1.19. The Labute approximate surface area is 142 Å². The van der Waals surface area contributed by atoms with E-state index in [-0.39, 0.29) is 11.8 Å². The summed E-state index contributed by atoms with van der Waals surface area (Å²) in [5.74, 6) is -2.12. The third-order valence-electron chi connectivity index (χ3n) is 4.69. The molecule has 0 N–H and O–H groups in total. The maximum absolute atomic E-state index is 11.7. The Morgan fingerprint density at radius 1 is 1.35 bits per heavy atom. The highest BCUT2D eigenvalue weighted by atomic mass is 32.2. The average Bonchev–Trinajstić information content (AvgIpc) is 3.26. The van der Waals surface area contributed by atoms with E-state index in [0.29, 0.717) is 0 Å². The van der Waals surface area contributed by atoms with Crippen molar-refractivity contribution in [1.29, 1.82) is 0 Å². The highest BCUT2D eigenvalue weighted by molar-refractivity contribution is 7.99. The zero-order chi connectivity index (χ0) is 16.0. The summed E-state index contributed by atoms with van der Waals surface area (Å²) in [5, 5.41) is 0.876. The summed E-state index contributed by atoms with van der Waals surface area (Å²) < 4.78 is 19.7. The number of nitrogens with zero attached hydrogens (tertiary/aromatic N) is 3. The van der Waals surface area contributed by atoms with Crippen molar-refractivity contribution in [1.82, 2.24) is 13.6 Å². The normalized spacial score (nSPS) is 30.9. The molecule has 0 saturated carbocycles. The highest BCUT2D eigenvalue weighted by Gasteiger charge is 2.68. The second kappa shape index (κ2) is 5.71. The molecule has 4 rings (SSSR count). The van der Waals surface area contributed by atoms with Gasteiger partial charge in [-0.05, 0) is 24.5 Å². The number of hydrogen-bond acceptors (Lipinski definition) is 9. The van der Waals surface area contributed by atoms with E-state index in [4.69, 9.17) is 9.47 Å². The van der Waals surface area contributed by atoms with E-state index in [1.54, 1.807) is 11.8 Å². The van der Waals surface area contributed by atoms with Crippen molar-refractivity contribution >= 4 is 35.4 Å². The SMILES string of the molecule is CCCCSc1nsnc1C1C2CCN(C2)C12OC(=O)C(=O)O2. The van der Waals surface area contributed by atoms with E-state index in [0.717, 1.165) is 60.6 Å². The molecule has 3 atom stereocenters. The lowest BCUT2D eigenvalue weighted by Gasteiger charge is -2.37. The van der Waals surface area contributed by atoms with Crippen LogP contribution in [0.15, 0.2) is 5.03 Å². The van der Waals surface area contributed by atoms with Gasteiger partial charge in [0.2, 0.25) is 0 Å². The topological polar surface area (TPSA) is 81.6 Å². The van der Waals surface area contributed by atoms with Crippen LogP contribution in [0.2, 0.25) is 0 Å². The van der Waals surface area contributed by atoms with E-state index in [1.165, 1.54) is 0 Å². The number of carbonyl (C=O) groups is 2. The van der Waals surface area contributed by atoms with Crippen molar-refractivity contribution in [2.24, 2.45) is 5.92 Å². The lowest BCUT2D eigenvalue weighted by atomic mass is 9.87. The molecule has 7 nitrogen and oxygen atoms in total. The number of rotatable bonds is 5. The molecule has 1 aromatic rings. The molecule has 3 aliphatic rings. The van der Waals surface area contributed by atoms with Crippen molar-refractivity contribution in [3.63, 3.8) is 0 Å². The molecule has 2 bridgehead atoms. The van der Waals surface area contributed by atoms with Crippen LogP contribution in [0.25, 0.3) is 0 Å². The molecule has 9 heteroatoms. The van der Waals surface area contributed by atoms with E-state index in [2.05, 4.69) is 15.7 Å². The minimum Gasteiger partial charge on any atom is -0.399 e. The highest BCUT2D eigenvalue weighted by Crippen LogP contribution is 2.55. The van der Waals surface area contributed by atoms with Gasteiger partial charge in [0, 0.05) is 13.1 Å². The van der Waals surface area contributed by atoms with Crippen LogP contribution < -0.4 is 0 Å². The molecule has 3 aliphatic heterocycles. The molecule has 3 saturated heterocycles. The monoisotopic (exact) mass is 355 g/mol. The number of carbonyl (C=O) groups excluding carboxylic acids is 2. The third-order valence-corrected chi connectivity index (χ3v) is 6.41. The molecule has 4 heterocycles. The lowest BCUT2D eigenvalue weighted by molar-refractivity contribution is -0.249. The number of hydrogen-bond donors (Lipinski definition) is 0. The Morgan fingerprint density at radius 2 is 2.13 bits per heavy atom. The summed E-state index contributed by atoms with van der Waals surface area (Å²) in [6.07, 6.45) is 3.22. The predicted molar refractivity (Wildman–Crippen MR) is 82.9 cm³/mol. The van der Waals surface area contributed by atoms with Gasteiger partial charge in [-0.25, -0.2) is 14.5 Å². The number of fused-ring (bicyclic) bond motifs is 3. The van der Waals surface area contributed by atoms with Crippen LogP contribution in [0.4, 0.5) is 0 Å². The fourth-order valence-electron chi connectivity index (χ4n) is 3.65. The van der Waals surface area contributed by atoms with E-state index < -0.39 is 17.8 Å². The summed E-state index contributed by atoms with van der Waals surface area (Å²) in [5.41, 5.74) is 0.811. The third kappa shape index (κ3) is 2.28. The first-order valence-electron chi connectivity index (χ1n) is 7.82. The van der Waals surface area contributed by atoms with Crippen LogP contribution in [0, 0.1) is 5.92 Å².